The number of hydrogen-bond donors (Lipinski definition) is 0. The number of nitrogens with zero attached hydrogens (tertiary/aromatic N) is 5. The van der Waals surface area contributed by atoms with Crippen molar-refractivity contribution in [1.29, 1.82) is 0 Å². The summed E-state index contributed by atoms with van der Waals surface area (Å²) in [5.41, 5.74) is 0. The molecule has 3 aliphatic heterocycles. The Labute approximate surface area is 153 Å². The van der Waals surface area contributed by atoms with E-state index in [1.54, 1.807) is 6.20 Å². The lowest BCUT2D eigenvalue weighted by molar-refractivity contribution is -0.169. The average molecular weight is 383 g/mol. The van der Waals surface area contributed by atoms with Gasteiger partial charge in [0, 0.05) is 38.5 Å². The highest BCUT2D eigenvalue weighted by Gasteiger charge is 2.40. The highest BCUT2D eigenvalue weighted by atomic mass is 32.2. The van der Waals surface area contributed by atoms with Crippen LogP contribution in [0.25, 0.3) is 0 Å². The fourth-order valence-electron chi connectivity index (χ4n) is 4.01. The van der Waals surface area contributed by atoms with Crippen LogP contribution in [0.5, 0.6) is 0 Å². The van der Waals surface area contributed by atoms with Gasteiger partial charge in [0.1, 0.15) is 0 Å². The third-order valence-corrected chi connectivity index (χ3v) is 7.19. The van der Waals surface area contributed by atoms with Crippen LogP contribution in [-0.4, -0.2) is 79.8 Å². The van der Waals surface area contributed by atoms with Gasteiger partial charge in [0.25, 0.3) is 0 Å². The molecule has 3 saturated heterocycles. The predicted molar refractivity (Wildman–Crippen MR) is 96.0 cm³/mol. The molecule has 1 unspecified atom stereocenters. The van der Waals surface area contributed by atoms with E-state index in [1.807, 2.05) is 11.8 Å². The summed E-state index contributed by atoms with van der Waals surface area (Å²) in [6.07, 6.45) is 3.87. The fraction of sp³-hybridized carbons (Fsp3) is 0.812. The minimum atomic E-state index is -2.96. The molecule has 9 nitrogen and oxygen atoms in total. The lowest BCUT2D eigenvalue weighted by atomic mass is 10.0. The number of rotatable bonds is 4. The molecule has 3 fully saturated rings. The van der Waals surface area contributed by atoms with Gasteiger partial charge in [-0.1, -0.05) is 0 Å². The van der Waals surface area contributed by atoms with Gasteiger partial charge in [-0.15, -0.1) is 5.10 Å². The molecule has 10 heteroatoms. The summed E-state index contributed by atoms with van der Waals surface area (Å²) >= 11 is 0. The number of piperidine rings is 1. The highest BCUT2D eigenvalue weighted by Crippen LogP contribution is 2.33. The standard InChI is InChI=1S/C16H25N5O4S/c1-2-21(13-3-10-26(22,23)12-13)15-18-14(11-17-19-15)20-6-4-16(5-7-20)24-8-9-25-16/h11,13H,2-10,12H2,1H3. The molecule has 0 saturated carbocycles. The van der Waals surface area contributed by atoms with Gasteiger partial charge >= 0.3 is 0 Å². The van der Waals surface area contributed by atoms with Crippen LogP contribution < -0.4 is 9.80 Å². The van der Waals surface area contributed by atoms with Crippen molar-refractivity contribution in [2.24, 2.45) is 0 Å². The van der Waals surface area contributed by atoms with Crippen molar-refractivity contribution in [1.82, 2.24) is 15.2 Å². The summed E-state index contributed by atoms with van der Waals surface area (Å²) in [4.78, 5) is 8.79. The van der Waals surface area contributed by atoms with E-state index in [9.17, 15) is 8.42 Å². The molecule has 1 spiro atoms. The maximum Gasteiger partial charge on any atom is 0.247 e. The van der Waals surface area contributed by atoms with Crippen molar-refractivity contribution < 1.29 is 17.9 Å². The van der Waals surface area contributed by atoms with Crippen LogP contribution in [0.15, 0.2) is 6.20 Å². The van der Waals surface area contributed by atoms with E-state index in [4.69, 9.17) is 9.47 Å². The molecular formula is C16H25N5O4S. The minimum Gasteiger partial charge on any atom is -0.355 e. The highest BCUT2D eigenvalue weighted by molar-refractivity contribution is 7.91. The average Bonchev–Trinajstić information content (AvgIpc) is 3.23. The lowest BCUT2D eigenvalue weighted by Gasteiger charge is -2.38. The maximum atomic E-state index is 11.8. The second kappa shape index (κ2) is 6.90. The van der Waals surface area contributed by atoms with Crippen LogP contribution in [0, 0.1) is 0 Å². The first-order chi connectivity index (χ1) is 12.5. The first-order valence-electron chi connectivity index (χ1n) is 9.20. The fourth-order valence-corrected chi connectivity index (χ4v) is 5.74. The summed E-state index contributed by atoms with van der Waals surface area (Å²) in [7, 11) is -2.96. The smallest absolute Gasteiger partial charge is 0.247 e. The third-order valence-electron chi connectivity index (χ3n) is 5.44. The van der Waals surface area contributed by atoms with Crippen molar-refractivity contribution in [3.63, 3.8) is 0 Å². The molecule has 0 bridgehead atoms. The molecule has 0 radical (unpaired) electrons. The van der Waals surface area contributed by atoms with Gasteiger partial charge in [0.15, 0.2) is 21.4 Å². The molecule has 3 aliphatic rings. The van der Waals surface area contributed by atoms with Gasteiger partial charge in [0.05, 0.1) is 30.9 Å². The van der Waals surface area contributed by atoms with E-state index in [0.29, 0.717) is 32.1 Å². The van der Waals surface area contributed by atoms with Crippen LogP contribution in [-0.2, 0) is 19.3 Å². The Morgan fingerprint density at radius 2 is 2.04 bits per heavy atom. The molecule has 0 N–H and O–H groups in total. The van der Waals surface area contributed by atoms with Crippen molar-refractivity contribution in [3.05, 3.63) is 6.20 Å². The van der Waals surface area contributed by atoms with Crippen molar-refractivity contribution in [2.75, 3.05) is 54.2 Å². The van der Waals surface area contributed by atoms with Crippen molar-refractivity contribution >= 4 is 21.6 Å². The van der Waals surface area contributed by atoms with Gasteiger partial charge in [-0.3, -0.25) is 0 Å². The van der Waals surface area contributed by atoms with Gasteiger partial charge < -0.3 is 19.3 Å². The zero-order valence-corrected chi connectivity index (χ0v) is 15.8. The summed E-state index contributed by atoms with van der Waals surface area (Å²) in [6.45, 7) is 5.52. The third kappa shape index (κ3) is 3.49. The minimum absolute atomic E-state index is 0.0769. The lowest BCUT2D eigenvalue weighted by Crippen LogP contribution is -2.45. The van der Waals surface area contributed by atoms with Crippen LogP contribution in [0.2, 0.25) is 0 Å². The molecule has 0 aliphatic carbocycles. The molecule has 144 valence electrons. The Kier molecular flexibility index (Phi) is 4.74. The number of aromatic nitrogens is 3. The Morgan fingerprint density at radius 3 is 2.65 bits per heavy atom. The molecule has 1 aromatic rings. The van der Waals surface area contributed by atoms with Crippen LogP contribution in [0.4, 0.5) is 11.8 Å². The topological polar surface area (TPSA) is 97.8 Å². The van der Waals surface area contributed by atoms with E-state index in [2.05, 4.69) is 20.1 Å². The van der Waals surface area contributed by atoms with E-state index in [1.165, 1.54) is 0 Å². The summed E-state index contributed by atoms with van der Waals surface area (Å²) < 4.78 is 35.2. The monoisotopic (exact) mass is 383 g/mol. The molecule has 4 rings (SSSR count). The predicted octanol–water partition coefficient (Wildman–Crippen LogP) is 0.228. The summed E-state index contributed by atoms with van der Waals surface area (Å²) in [5.74, 6) is 1.24. The number of sulfone groups is 1. The van der Waals surface area contributed by atoms with E-state index < -0.39 is 15.6 Å². The number of ether oxygens (including phenoxy) is 2. The maximum absolute atomic E-state index is 11.8. The molecular weight excluding hydrogens is 358 g/mol. The van der Waals surface area contributed by atoms with Gasteiger partial charge in [-0.2, -0.15) is 10.1 Å². The summed E-state index contributed by atoms with van der Waals surface area (Å²) in [6, 6.07) is -0.0769. The quantitative estimate of drug-likeness (QED) is 0.723. The van der Waals surface area contributed by atoms with Crippen LogP contribution >= 0.6 is 0 Å². The normalized spacial score (nSPS) is 27.1. The Bertz CT molecular complexity index is 743. The molecule has 26 heavy (non-hydrogen) atoms. The van der Waals surface area contributed by atoms with Gasteiger partial charge in [0.2, 0.25) is 5.95 Å². The van der Waals surface area contributed by atoms with E-state index in [0.717, 1.165) is 31.7 Å². The number of hydrogen-bond acceptors (Lipinski definition) is 9. The van der Waals surface area contributed by atoms with E-state index in [-0.39, 0.29) is 17.5 Å². The Balaban J connectivity index is 1.48. The SMILES string of the molecule is CCN(c1nncc(N2CCC3(CC2)OCCO3)n1)C1CCS(=O)(=O)C1. The molecule has 0 amide bonds. The first-order valence-corrected chi connectivity index (χ1v) is 11.0. The number of anilines is 2. The van der Waals surface area contributed by atoms with Crippen LogP contribution in [0.3, 0.4) is 0 Å². The molecule has 4 heterocycles. The largest absolute Gasteiger partial charge is 0.355 e. The second-order valence-electron chi connectivity index (χ2n) is 7.05. The first kappa shape index (κ1) is 17.9. The molecule has 0 aromatic carbocycles. The second-order valence-corrected chi connectivity index (χ2v) is 9.28. The van der Waals surface area contributed by atoms with Crippen molar-refractivity contribution in [3.8, 4) is 0 Å². The van der Waals surface area contributed by atoms with Gasteiger partial charge in [-0.05, 0) is 13.3 Å². The Morgan fingerprint density at radius 1 is 1.31 bits per heavy atom. The van der Waals surface area contributed by atoms with E-state index >= 15 is 0 Å². The molecule has 1 atom stereocenters. The summed E-state index contributed by atoms with van der Waals surface area (Å²) in [5, 5.41) is 8.28. The molecule has 1 aromatic heterocycles. The van der Waals surface area contributed by atoms with Gasteiger partial charge in [-0.25, -0.2) is 8.42 Å². The van der Waals surface area contributed by atoms with Crippen molar-refractivity contribution in [2.45, 2.75) is 38.0 Å². The van der Waals surface area contributed by atoms with Crippen LogP contribution in [0.1, 0.15) is 26.2 Å². The Hall–Kier alpha value is -1.52. The zero-order chi connectivity index (χ0) is 18.2. The zero-order valence-electron chi connectivity index (χ0n) is 15.0.